The fourth-order valence-electron chi connectivity index (χ4n) is 1.79. The topological polar surface area (TPSA) is 38.0 Å². The summed E-state index contributed by atoms with van der Waals surface area (Å²) < 4.78 is 0. The van der Waals surface area contributed by atoms with E-state index in [9.17, 15) is 0 Å². The summed E-state index contributed by atoms with van der Waals surface area (Å²) in [6, 6.07) is 12.0. The lowest BCUT2D eigenvalue weighted by Gasteiger charge is -2.21. The van der Waals surface area contributed by atoms with E-state index in [1.54, 1.807) is 0 Å². The third-order valence-corrected chi connectivity index (χ3v) is 3.05. The van der Waals surface area contributed by atoms with Gasteiger partial charge >= 0.3 is 0 Å². The summed E-state index contributed by atoms with van der Waals surface area (Å²) in [5.41, 5.74) is 5.44. The zero-order valence-electron chi connectivity index (χ0n) is 11.5. The van der Waals surface area contributed by atoms with Crippen molar-refractivity contribution in [3.63, 3.8) is 0 Å². The molecule has 1 saturated heterocycles. The minimum Gasteiger partial charge on any atom is -0.330 e. The highest BCUT2D eigenvalue weighted by Gasteiger charge is 2.10. The molecule has 2 nitrogen and oxygen atoms in total. The van der Waals surface area contributed by atoms with Crippen LogP contribution in [0.1, 0.15) is 38.5 Å². The van der Waals surface area contributed by atoms with E-state index in [2.05, 4.69) is 5.32 Å². The van der Waals surface area contributed by atoms with Crippen molar-refractivity contribution in [2.24, 2.45) is 11.7 Å². The lowest BCUT2D eigenvalue weighted by Crippen LogP contribution is -2.28. The molecule has 0 atom stereocenters. The van der Waals surface area contributed by atoms with Gasteiger partial charge in [0.2, 0.25) is 0 Å². The second kappa shape index (κ2) is 11.2. The Morgan fingerprint density at radius 1 is 0.833 bits per heavy atom. The fourth-order valence-corrected chi connectivity index (χ4v) is 1.79. The van der Waals surface area contributed by atoms with Crippen LogP contribution in [0.3, 0.4) is 0 Å². The maximum Gasteiger partial charge on any atom is -0.00463 e. The monoisotopic (exact) mass is 248 g/mol. The van der Waals surface area contributed by atoms with Crippen LogP contribution in [0, 0.1) is 5.92 Å². The quantitative estimate of drug-likeness (QED) is 0.843. The van der Waals surface area contributed by atoms with Crippen LogP contribution in [0.5, 0.6) is 0 Å². The number of hydrogen-bond acceptors (Lipinski definition) is 2. The van der Waals surface area contributed by atoms with E-state index >= 15 is 0 Å². The van der Waals surface area contributed by atoms with Gasteiger partial charge in [0.25, 0.3) is 0 Å². The van der Waals surface area contributed by atoms with Gasteiger partial charge in [0.05, 0.1) is 0 Å². The molecular weight excluding hydrogens is 220 g/mol. The van der Waals surface area contributed by atoms with Crippen LogP contribution in [0.4, 0.5) is 0 Å². The van der Waals surface area contributed by atoms with E-state index in [0.717, 1.165) is 12.5 Å². The molecule has 102 valence electrons. The van der Waals surface area contributed by atoms with Gasteiger partial charge in [0.15, 0.2) is 0 Å². The Labute approximate surface area is 112 Å². The van der Waals surface area contributed by atoms with Crippen LogP contribution in [0.2, 0.25) is 0 Å². The van der Waals surface area contributed by atoms with Crippen molar-refractivity contribution in [3.8, 4) is 0 Å². The molecule has 1 saturated carbocycles. The average molecular weight is 248 g/mol. The first-order valence-electron chi connectivity index (χ1n) is 7.34. The van der Waals surface area contributed by atoms with Crippen LogP contribution in [0.25, 0.3) is 0 Å². The van der Waals surface area contributed by atoms with Crippen molar-refractivity contribution in [1.29, 1.82) is 0 Å². The molecule has 2 heteroatoms. The lowest BCUT2D eigenvalue weighted by molar-refractivity contribution is 0.358. The van der Waals surface area contributed by atoms with E-state index in [-0.39, 0.29) is 0 Å². The van der Waals surface area contributed by atoms with E-state index in [0.29, 0.717) is 0 Å². The van der Waals surface area contributed by atoms with E-state index in [1.165, 1.54) is 51.6 Å². The van der Waals surface area contributed by atoms with Crippen LogP contribution in [-0.2, 0) is 0 Å². The van der Waals surface area contributed by atoms with Gasteiger partial charge in [-0.05, 0) is 44.8 Å². The van der Waals surface area contributed by atoms with E-state index in [1.807, 2.05) is 36.4 Å². The molecule has 3 rings (SSSR count). The summed E-state index contributed by atoms with van der Waals surface area (Å²) in [5.74, 6) is 0.913. The van der Waals surface area contributed by atoms with Crippen molar-refractivity contribution in [2.45, 2.75) is 38.5 Å². The summed E-state index contributed by atoms with van der Waals surface area (Å²) in [6.45, 7) is 3.26. The largest absolute Gasteiger partial charge is 0.330 e. The molecule has 1 aromatic rings. The van der Waals surface area contributed by atoms with Crippen LogP contribution in [0.15, 0.2) is 36.4 Å². The van der Waals surface area contributed by atoms with Crippen molar-refractivity contribution in [3.05, 3.63) is 36.4 Å². The molecule has 0 radical (unpaired) electrons. The highest BCUT2D eigenvalue weighted by atomic mass is 14.9. The molecule has 18 heavy (non-hydrogen) atoms. The number of benzene rings is 1. The van der Waals surface area contributed by atoms with Gasteiger partial charge in [-0.25, -0.2) is 0 Å². The molecule has 2 aliphatic rings. The maximum atomic E-state index is 5.44. The number of rotatable bonds is 2. The van der Waals surface area contributed by atoms with Gasteiger partial charge < -0.3 is 11.1 Å². The van der Waals surface area contributed by atoms with Gasteiger partial charge in [0, 0.05) is 0 Å². The van der Waals surface area contributed by atoms with Gasteiger partial charge in [0.1, 0.15) is 0 Å². The van der Waals surface area contributed by atoms with Crippen LogP contribution in [-0.4, -0.2) is 19.6 Å². The molecule has 0 spiro atoms. The molecule has 2 fully saturated rings. The SMILES string of the molecule is C1CC1.NCCC1CCNCC1.c1ccccc1. The molecule has 1 aliphatic heterocycles. The van der Waals surface area contributed by atoms with Gasteiger partial charge in [-0.2, -0.15) is 0 Å². The molecule has 1 aliphatic carbocycles. The minimum absolute atomic E-state index is 0.866. The molecule has 1 aromatic carbocycles. The summed E-state index contributed by atoms with van der Waals surface area (Å²) >= 11 is 0. The minimum atomic E-state index is 0.866. The summed E-state index contributed by atoms with van der Waals surface area (Å²) in [5, 5.41) is 3.33. The third kappa shape index (κ3) is 10.3. The maximum absolute atomic E-state index is 5.44. The zero-order valence-corrected chi connectivity index (χ0v) is 11.5. The molecule has 3 N–H and O–H groups in total. The van der Waals surface area contributed by atoms with E-state index < -0.39 is 0 Å². The first-order chi connectivity index (χ1) is 8.93. The zero-order chi connectivity index (χ0) is 12.9. The van der Waals surface area contributed by atoms with Gasteiger partial charge in [-0.3, -0.25) is 0 Å². The Kier molecular flexibility index (Phi) is 9.49. The van der Waals surface area contributed by atoms with E-state index in [4.69, 9.17) is 5.73 Å². The smallest absolute Gasteiger partial charge is 0.00463 e. The molecule has 0 unspecified atom stereocenters. The predicted octanol–water partition coefficient (Wildman–Crippen LogP) is 3.19. The Morgan fingerprint density at radius 3 is 1.61 bits per heavy atom. The first kappa shape index (κ1) is 15.2. The Bertz CT molecular complexity index is 221. The van der Waals surface area contributed by atoms with Crippen LogP contribution >= 0.6 is 0 Å². The predicted molar refractivity (Wildman–Crippen MR) is 79.6 cm³/mol. The highest BCUT2D eigenvalue weighted by molar-refractivity contribution is 4.99. The number of piperidine rings is 1. The Balaban J connectivity index is 0.000000153. The molecule has 0 bridgehead atoms. The fraction of sp³-hybridized carbons (Fsp3) is 0.625. The van der Waals surface area contributed by atoms with Gasteiger partial charge in [-0.15, -0.1) is 0 Å². The Hall–Kier alpha value is -0.860. The average Bonchev–Trinajstić information content (AvgIpc) is 3.31. The molecular formula is C16H28N2. The summed E-state index contributed by atoms with van der Waals surface area (Å²) in [7, 11) is 0. The number of nitrogens with two attached hydrogens (primary N) is 1. The second-order valence-electron chi connectivity index (χ2n) is 4.99. The summed E-state index contributed by atoms with van der Waals surface area (Å²) in [4.78, 5) is 0. The number of hydrogen-bond donors (Lipinski definition) is 2. The van der Waals surface area contributed by atoms with Crippen molar-refractivity contribution < 1.29 is 0 Å². The first-order valence-corrected chi connectivity index (χ1v) is 7.34. The van der Waals surface area contributed by atoms with Crippen molar-refractivity contribution in [1.82, 2.24) is 5.32 Å². The Morgan fingerprint density at radius 2 is 1.28 bits per heavy atom. The lowest BCUT2D eigenvalue weighted by atomic mass is 9.95. The third-order valence-electron chi connectivity index (χ3n) is 3.05. The van der Waals surface area contributed by atoms with Crippen molar-refractivity contribution >= 4 is 0 Å². The number of nitrogens with one attached hydrogen (secondary N) is 1. The summed E-state index contributed by atoms with van der Waals surface area (Å²) in [6.07, 6.45) is 8.38. The standard InChI is InChI=1S/C7H16N2.C6H6.C3H6/c8-4-1-7-2-5-9-6-3-7;1-2-4-6-5-3-1;1-2-3-1/h7,9H,1-6,8H2;1-6H;1-3H2. The van der Waals surface area contributed by atoms with Crippen LogP contribution < -0.4 is 11.1 Å². The molecule has 0 aromatic heterocycles. The van der Waals surface area contributed by atoms with Gasteiger partial charge in [-0.1, -0.05) is 55.7 Å². The molecule has 0 amide bonds. The normalized spacial score (nSPS) is 17.8. The second-order valence-corrected chi connectivity index (χ2v) is 4.99. The van der Waals surface area contributed by atoms with Crippen molar-refractivity contribution in [2.75, 3.05) is 19.6 Å². The molecule has 1 heterocycles. The highest BCUT2D eigenvalue weighted by Crippen LogP contribution is 2.15.